The number of rotatable bonds is 30. The second-order valence-corrected chi connectivity index (χ2v) is 46.1. The molecule has 38 heteroatoms. The van der Waals surface area contributed by atoms with Gasteiger partial charge in [-0.25, -0.2) is 9.59 Å². The van der Waals surface area contributed by atoms with E-state index in [2.05, 4.69) is 6.07 Å². The van der Waals surface area contributed by atoms with Gasteiger partial charge in [-0.05, 0) is 268 Å². The number of esters is 2. The number of carboxylic acids is 2. The number of cyclic esters (lactones) is 2. The molecule has 6 fully saturated rings. The number of ether oxygens (including phenoxy) is 16. The summed E-state index contributed by atoms with van der Waals surface area (Å²) in [4.78, 5) is 86.8. The average Bonchev–Trinajstić information content (AvgIpc) is 0.777. The predicted molar refractivity (Wildman–Crippen MR) is 561 cm³/mol. The van der Waals surface area contributed by atoms with Crippen LogP contribution in [0.4, 0.5) is 0 Å². The van der Waals surface area contributed by atoms with E-state index in [4.69, 9.17) is 75.8 Å². The summed E-state index contributed by atoms with van der Waals surface area (Å²) < 4.78 is 106. The van der Waals surface area contributed by atoms with Crippen molar-refractivity contribution in [1.29, 1.82) is 0 Å². The van der Waals surface area contributed by atoms with Crippen molar-refractivity contribution in [3.63, 3.8) is 0 Å². The molecule has 2 unspecified atom stereocenters. The van der Waals surface area contributed by atoms with Crippen molar-refractivity contribution >= 4 is 51.8 Å². The number of carbonyl (C=O) groups excluding carboxylic acids is 2. The molecule has 10 heterocycles. The molecular formula is C112H178N6O32. The molecule has 0 bridgehead atoms. The van der Waals surface area contributed by atoms with Gasteiger partial charge in [0.15, 0.2) is 25.2 Å². The topological polar surface area (TPSA) is 475 Å². The van der Waals surface area contributed by atoms with E-state index in [0.717, 1.165) is 59.0 Å². The number of aliphatic hydroxyl groups excluding tert-OH is 4. The number of allylic oxidation sites excluding steroid dienone is 1. The van der Waals surface area contributed by atoms with Gasteiger partial charge >= 0.3 is 23.9 Å². The number of benzene rings is 2. The molecule has 2 aromatic heterocycles. The number of hydrogen-bond donors (Lipinski definition) is 10. The molecule has 4 aromatic rings. The summed E-state index contributed by atoms with van der Waals surface area (Å²) in [6.07, 6.45) is -2.56. The van der Waals surface area contributed by atoms with Gasteiger partial charge in [-0.1, -0.05) is 59.8 Å². The first-order valence-electron chi connectivity index (χ1n) is 54.0. The molecule has 36 atom stereocenters. The van der Waals surface area contributed by atoms with E-state index < -0.39 is 215 Å². The first kappa shape index (κ1) is 123. The van der Waals surface area contributed by atoms with Crippen LogP contribution >= 0.6 is 0 Å². The predicted octanol–water partition coefficient (Wildman–Crippen LogP) is 9.27. The lowest BCUT2D eigenvalue weighted by Crippen LogP contribution is -2.61. The van der Waals surface area contributed by atoms with E-state index in [1.165, 1.54) is 26.2 Å². The van der Waals surface area contributed by atoms with Crippen molar-refractivity contribution in [3.05, 3.63) is 109 Å². The number of pyridine rings is 2. The van der Waals surface area contributed by atoms with Gasteiger partial charge in [-0.3, -0.25) is 19.2 Å². The maximum Gasteiger partial charge on any atom is 0.341 e. The first-order valence-corrected chi connectivity index (χ1v) is 54.0. The number of hydrogen-bond acceptors (Lipinski definition) is 34. The third-order valence-electron chi connectivity index (χ3n) is 33.2. The van der Waals surface area contributed by atoms with Crippen molar-refractivity contribution in [2.45, 2.75) is 416 Å². The van der Waals surface area contributed by atoms with Crippen LogP contribution in [-0.2, 0) is 118 Å². The second-order valence-electron chi connectivity index (χ2n) is 46.1. The number of carboxylic acid groups (broad SMARTS) is 2. The van der Waals surface area contributed by atoms with Gasteiger partial charge in [0, 0.05) is 112 Å². The maximum atomic E-state index is 14.6. The normalized spacial score (nSPS) is 38.8. The highest BCUT2D eigenvalue weighted by Gasteiger charge is 2.58. The Bertz CT molecular complexity index is 5320. The van der Waals surface area contributed by atoms with Crippen LogP contribution in [0.1, 0.15) is 246 Å². The third kappa shape index (κ3) is 28.6. The van der Waals surface area contributed by atoms with E-state index in [-0.39, 0.29) is 119 Å². The van der Waals surface area contributed by atoms with Crippen molar-refractivity contribution in [2.75, 3.05) is 103 Å². The molecule has 0 amide bonds. The monoisotopic (exact) mass is 2120 g/mol. The first-order chi connectivity index (χ1) is 70.3. The second kappa shape index (κ2) is 52.0. The lowest BCUT2D eigenvalue weighted by Gasteiger charge is -2.49. The highest BCUT2D eigenvalue weighted by molar-refractivity contribution is 5.95. The summed E-state index contributed by atoms with van der Waals surface area (Å²) in [6.45, 7) is 39.0. The van der Waals surface area contributed by atoms with Crippen molar-refractivity contribution in [1.82, 2.24) is 28.7 Å². The van der Waals surface area contributed by atoms with Gasteiger partial charge in [0.1, 0.15) is 77.8 Å². The highest BCUT2D eigenvalue weighted by atomic mass is 16.7. The number of carbonyl (C=O) groups is 4. The standard InChI is InChI=1S/2C56H89N3O16/c2*1-15-42-56(10,67)48(62)35(6)58(13)29-31(2)27-54(8,66)49(75-53-46(61)41(57(11)12)24-32(3)71-53)33(4)47(34(5)52(65)73-42)74-43-28-55(9,68-14)50(36(7)72-43)70-23-22-69-21-17-18-37-25-38-19-16-20-59-30-40(51(63)64)45(60)39(26-37)44(38)59/h17,21,25-26,30-36,41-43,46-50,53,61-62,66-67H,15-16,18-20,22-24,27-29H2,1-14H3,(H,63,64);17-18,25-26,30-36,41-43,46-50,53,61-62,66-67H,15-16,19-24,27-29H2,1-14H3,(H,63,64)/t2*31-,32-,33+,34-,35-,36+,41+,42-,43?,46-,47+,48+,49-,50+,53+,54-,55-,56-/m11/s1. The summed E-state index contributed by atoms with van der Waals surface area (Å²) in [5, 5.41) is 116. The van der Waals surface area contributed by atoms with Crippen molar-refractivity contribution < 1.29 is 146 Å². The van der Waals surface area contributed by atoms with Crippen LogP contribution in [0.5, 0.6) is 0 Å². The number of aryl methyl sites for hydroxylation is 4. The fourth-order valence-electron chi connectivity index (χ4n) is 24.7. The lowest BCUT2D eigenvalue weighted by molar-refractivity contribution is -0.321. The third-order valence-corrected chi connectivity index (χ3v) is 33.2. The molecule has 0 radical (unpaired) electrons. The highest BCUT2D eigenvalue weighted by Crippen LogP contribution is 2.46. The van der Waals surface area contributed by atoms with Crippen LogP contribution in [0.3, 0.4) is 0 Å². The minimum absolute atomic E-state index is 0.158. The van der Waals surface area contributed by atoms with E-state index in [1.807, 2.05) is 165 Å². The molecule has 38 nitrogen and oxygen atoms in total. The Morgan fingerprint density at radius 2 is 0.920 bits per heavy atom. The van der Waals surface area contributed by atoms with Crippen molar-refractivity contribution in [3.8, 4) is 0 Å². The number of nitrogens with zero attached hydrogens (tertiary/aromatic N) is 6. The zero-order chi connectivity index (χ0) is 111. The summed E-state index contributed by atoms with van der Waals surface area (Å²) in [5.41, 5.74) is -5.07. The molecule has 12 rings (SSSR count). The van der Waals surface area contributed by atoms with Crippen LogP contribution in [0.25, 0.3) is 27.9 Å². The average molecular weight is 2120 g/mol. The number of aliphatic hydroxyl groups is 8. The van der Waals surface area contributed by atoms with Crippen LogP contribution in [0, 0.1) is 35.5 Å². The van der Waals surface area contributed by atoms with Gasteiger partial charge in [-0.2, -0.15) is 0 Å². The van der Waals surface area contributed by atoms with Gasteiger partial charge < -0.3 is 156 Å². The Morgan fingerprint density at radius 1 is 0.513 bits per heavy atom. The Hall–Kier alpha value is -6.98. The summed E-state index contributed by atoms with van der Waals surface area (Å²) in [5.74, 6) is -7.96. The van der Waals surface area contributed by atoms with Crippen LogP contribution < -0.4 is 10.9 Å². The molecule has 10 N–H and O–H groups in total. The molecule has 0 spiro atoms. The summed E-state index contributed by atoms with van der Waals surface area (Å²) >= 11 is 0. The van der Waals surface area contributed by atoms with Gasteiger partial charge in [0.2, 0.25) is 10.9 Å². The van der Waals surface area contributed by atoms with Crippen LogP contribution in [0.15, 0.2) is 64.7 Å². The largest absolute Gasteiger partial charge is 0.499 e. The number of methoxy groups -OCH3 is 2. The number of aromatic nitrogens is 2. The number of aromatic carboxylic acids is 2. The molecule has 8 aliphatic heterocycles. The van der Waals surface area contributed by atoms with Gasteiger partial charge in [0.25, 0.3) is 0 Å². The van der Waals surface area contributed by atoms with Crippen molar-refractivity contribution in [2.24, 2.45) is 35.5 Å². The van der Waals surface area contributed by atoms with E-state index in [0.29, 0.717) is 56.2 Å². The van der Waals surface area contributed by atoms with E-state index in [9.17, 15) is 79.8 Å². The number of likely N-dealkylation sites (N-methyl/N-ethyl adjacent to an activating group) is 4. The molecule has 8 aliphatic rings. The van der Waals surface area contributed by atoms with Crippen LogP contribution in [-0.4, -0.2) is 387 Å². The Kier molecular flexibility index (Phi) is 42.7. The minimum atomic E-state index is -1.84. The molecule has 0 aliphatic carbocycles. The molecular weight excluding hydrogens is 1940 g/mol. The molecule has 848 valence electrons. The van der Waals surface area contributed by atoms with E-state index in [1.54, 1.807) is 88.0 Å². The molecule has 0 saturated carbocycles. The smallest absolute Gasteiger partial charge is 0.341 e. The Balaban J connectivity index is 0.000000284. The Morgan fingerprint density at radius 3 is 1.32 bits per heavy atom. The molecule has 150 heavy (non-hydrogen) atoms. The molecule has 6 saturated heterocycles. The SMILES string of the molecule is CC[C@H]1OC(=O)[C@H](C)[C@@H](OC2C[C@@](C)(OC)[C@@H](OCCOC=CCc3cc4c5c(c3)c(=O)c(C(=O)O)cn5CCC4)[C@H](C)O2)[C@H](C)[C@@H](O[C@@H]2O[C@H](C)C[C@H](N(C)C)[C@H]2O)[C@](C)(O)C[C@@H](C)CN(C)[C@H](C)[C@H](O)[C@]1(C)O.CC[C@H]1OC(=O)[C@H](C)[C@@H](OC2C[C@@](C)(OC)[C@@H](OCCOCC=Cc3cc4c5c(c3)c(=O)c(C(=O)O)cn5CCC4)[C@H](C)O2)[C@H](C)[C@@H](O[C@@H]2O[C@H](C)C[C@H](N(C)C)[C@H]2O)[C@](C)(O)C[C@@H](C)CN(C)[C@H](C)[C@H](O)[C@]1(C)O. The lowest BCUT2D eigenvalue weighted by atomic mass is 9.77. The van der Waals surface area contributed by atoms with Gasteiger partial charge in [-0.15, -0.1) is 0 Å². The summed E-state index contributed by atoms with van der Waals surface area (Å²) in [7, 11) is 14.4. The quantitative estimate of drug-likeness (QED) is 0.0132. The zero-order valence-electron chi connectivity index (χ0n) is 93.8. The zero-order valence-corrected chi connectivity index (χ0v) is 93.8. The summed E-state index contributed by atoms with van der Waals surface area (Å²) in [6, 6.07) is 5.83. The van der Waals surface area contributed by atoms with E-state index >= 15 is 0 Å². The van der Waals surface area contributed by atoms with Crippen LogP contribution in [0.2, 0.25) is 0 Å². The molecule has 2 aromatic carbocycles. The Labute approximate surface area is 884 Å². The van der Waals surface area contributed by atoms with Gasteiger partial charge in [0.05, 0.1) is 127 Å². The fraction of sp³-hybridized carbons (Fsp3) is 0.768. The maximum absolute atomic E-state index is 14.6. The minimum Gasteiger partial charge on any atom is -0.499 e. The fourth-order valence-corrected chi connectivity index (χ4v) is 24.7.